The molecule has 1 spiro atoms. The number of alkyl carbamates (subject to hydrolysis) is 1. The van der Waals surface area contributed by atoms with Crippen molar-refractivity contribution in [3.8, 4) is 6.07 Å². The van der Waals surface area contributed by atoms with Crippen molar-refractivity contribution in [3.05, 3.63) is 27.7 Å². The van der Waals surface area contributed by atoms with Crippen LogP contribution < -0.4 is 10.2 Å². The lowest BCUT2D eigenvalue weighted by Crippen LogP contribution is -2.54. The molecule has 4 saturated heterocycles. The van der Waals surface area contributed by atoms with E-state index in [0.717, 1.165) is 0 Å². The number of ether oxygens (including phenoxy) is 3. The average molecular weight is 452 g/mol. The Bertz CT molecular complexity index is 990. The summed E-state index contributed by atoms with van der Waals surface area (Å²) in [4.78, 5) is 27.1. The van der Waals surface area contributed by atoms with Crippen LogP contribution in [0.4, 0.5) is 10.5 Å². The lowest BCUT2D eigenvalue weighted by molar-refractivity contribution is -0.142. The van der Waals surface area contributed by atoms with Crippen molar-refractivity contribution < 1.29 is 23.8 Å². The van der Waals surface area contributed by atoms with E-state index in [4.69, 9.17) is 37.4 Å². The number of fused-ring (bicyclic) bond motifs is 2. The van der Waals surface area contributed by atoms with Gasteiger partial charge in [0.25, 0.3) is 0 Å². The Morgan fingerprint density at radius 2 is 2.10 bits per heavy atom. The van der Waals surface area contributed by atoms with E-state index in [0.29, 0.717) is 25.1 Å². The summed E-state index contributed by atoms with van der Waals surface area (Å²) in [6.45, 7) is 2.23. The minimum absolute atomic E-state index is 0.157. The van der Waals surface area contributed by atoms with Crippen LogP contribution in [0.1, 0.15) is 25.3 Å². The molecule has 1 N–H and O–H groups in total. The Morgan fingerprint density at radius 3 is 2.73 bits per heavy atom. The molecule has 6 atom stereocenters. The van der Waals surface area contributed by atoms with Gasteiger partial charge in [-0.1, -0.05) is 23.2 Å². The molecule has 30 heavy (non-hydrogen) atoms. The van der Waals surface area contributed by atoms with E-state index in [1.165, 1.54) is 7.05 Å². The van der Waals surface area contributed by atoms with E-state index in [1.807, 2.05) is 13.0 Å². The first kappa shape index (κ1) is 19.9. The van der Waals surface area contributed by atoms with Gasteiger partial charge in [0, 0.05) is 31.5 Å². The van der Waals surface area contributed by atoms with Crippen molar-refractivity contribution in [2.75, 3.05) is 18.6 Å². The number of halogens is 2. The summed E-state index contributed by atoms with van der Waals surface area (Å²) < 4.78 is 18.1. The van der Waals surface area contributed by atoms with Crippen molar-refractivity contribution in [2.24, 2.45) is 11.8 Å². The van der Waals surface area contributed by atoms with Gasteiger partial charge in [-0.3, -0.25) is 9.69 Å². The maximum Gasteiger partial charge on any atom is 0.407 e. The topological polar surface area (TPSA) is 101 Å². The van der Waals surface area contributed by atoms with Gasteiger partial charge < -0.3 is 19.5 Å². The van der Waals surface area contributed by atoms with Crippen LogP contribution in [0.3, 0.4) is 0 Å². The Balaban J connectivity index is 1.57. The molecule has 1 aromatic carbocycles. The van der Waals surface area contributed by atoms with Crippen LogP contribution in [0.15, 0.2) is 12.1 Å². The van der Waals surface area contributed by atoms with Crippen molar-refractivity contribution in [1.82, 2.24) is 5.32 Å². The van der Waals surface area contributed by atoms with Gasteiger partial charge in [0.1, 0.15) is 24.0 Å². The van der Waals surface area contributed by atoms with Crippen LogP contribution in [0.5, 0.6) is 0 Å². The van der Waals surface area contributed by atoms with E-state index >= 15 is 0 Å². The quantitative estimate of drug-likeness (QED) is 0.741. The fourth-order valence-corrected chi connectivity index (χ4v) is 6.29. The van der Waals surface area contributed by atoms with Crippen molar-refractivity contribution in [2.45, 2.75) is 43.3 Å². The number of benzene rings is 1. The summed E-state index contributed by atoms with van der Waals surface area (Å²) in [5, 5.41) is 12.0. The summed E-state index contributed by atoms with van der Waals surface area (Å²) in [5.74, 6) is -0.945. The number of nitrogens with one attached hydrogen (secondary N) is 1. The van der Waals surface area contributed by atoms with Crippen molar-refractivity contribution in [3.63, 3.8) is 0 Å². The second-order valence-corrected chi connectivity index (χ2v) is 9.13. The smallest absolute Gasteiger partial charge is 0.407 e. The number of anilines is 1. The number of amides is 2. The highest BCUT2D eigenvalue weighted by atomic mass is 35.5. The predicted octanol–water partition coefficient (Wildman–Crippen LogP) is 2.85. The molecule has 0 aromatic heterocycles. The molecule has 4 fully saturated rings. The minimum Gasteiger partial charge on any atom is -0.443 e. The third kappa shape index (κ3) is 2.41. The van der Waals surface area contributed by atoms with Gasteiger partial charge in [-0.2, -0.15) is 5.26 Å². The van der Waals surface area contributed by atoms with Gasteiger partial charge in [-0.25, -0.2) is 4.79 Å². The lowest BCUT2D eigenvalue weighted by Gasteiger charge is -2.42. The highest BCUT2D eigenvalue weighted by Crippen LogP contribution is 2.66. The maximum atomic E-state index is 13.7. The molecule has 1 aromatic rings. The van der Waals surface area contributed by atoms with Crippen LogP contribution in [0, 0.1) is 23.2 Å². The van der Waals surface area contributed by atoms with Gasteiger partial charge >= 0.3 is 6.09 Å². The maximum absolute atomic E-state index is 13.7. The molecule has 5 rings (SSSR count). The SMILES string of the molecule is CNC(=O)O[C@@H]1C[C@]23CCO[C@H]4[C@@H]2[C@H](C(=O)N4c2cc(Cl)c(C#N)c(Cl)c2)[C@]1(C)O3. The van der Waals surface area contributed by atoms with Crippen LogP contribution in [-0.4, -0.2) is 49.2 Å². The first-order chi connectivity index (χ1) is 14.3. The zero-order valence-electron chi connectivity index (χ0n) is 16.3. The van der Waals surface area contributed by atoms with Crippen molar-refractivity contribution in [1.29, 1.82) is 5.26 Å². The molecule has 2 amide bonds. The number of carbonyl (C=O) groups excluding carboxylic acids is 2. The molecule has 4 aliphatic heterocycles. The number of hydrogen-bond donors (Lipinski definition) is 1. The summed E-state index contributed by atoms with van der Waals surface area (Å²) in [7, 11) is 1.49. The Labute approximate surface area is 182 Å². The molecule has 10 heteroatoms. The largest absolute Gasteiger partial charge is 0.443 e. The van der Waals surface area contributed by atoms with Gasteiger partial charge in [0.05, 0.1) is 33.7 Å². The molecule has 0 radical (unpaired) electrons. The molecule has 0 saturated carbocycles. The summed E-state index contributed by atoms with van der Waals surface area (Å²) in [5.41, 5.74) is -0.942. The van der Waals surface area contributed by atoms with Gasteiger partial charge in [-0.15, -0.1) is 0 Å². The number of hydrogen-bond acceptors (Lipinski definition) is 6. The third-order valence-corrected chi connectivity index (χ3v) is 7.52. The molecule has 4 heterocycles. The van der Waals surface area contributed by atoms with Crippen LogP contribution >= 0.6 is 23.2 Å². The summed E-state index contributed by atoms with van der Waals surface area (Å²) in [6, 6.07) is 5.07. The van der Waals surface area contributed by atoms with Crippen LogP contribution in [0.25, 0.3) is 0 Å². The number of nitrogens with zero attached hydrogens (tertiary/aromatic N) is 2. The molecular weight excluding hydrogens is 433 g/mol. The zero-order chi connectivity index (χ0) is 21.4. The van der Waals surface area contributed by atoms with Gasteiger partial charge in [-0.05, 0) is 19.1 Å². The van der Waals surface area contributed by atoms with Crippen molar-refractivity contribution >= 4 is 40.9 Å². The second-order valence-electron chi connectivity index (χ2n) is 8.32. The highest BCUT2D eigenvalue weighted by Gasteiger charge is 2.79. The van der Waals surface area contributed by atoms with E-state index in [2.05, 4.69) is 5.32 Å². The Hall–Kier alpha value is -2.05. The fourth-order valence-electron chi connectivity index (χ4n) is 5.73. The molecule has 2 bridgehead atoms. The minimum atomic E-state index is -0.963. The summed E-state index contributed by atoms with van der Waals surface area (Å²) >= 11 is 12.5. The van der Waals surface area contributed by atoms with E-state index in [1.54, 1.807) is 17.0 Å². The van der Waals surface area contributed by atoms with Gasteiger partial charge in [0.2, 0.25) is 5.91 Å². The number of rotatable bonds is 2. The first-order valence-corrected chi connectivity index (χ1v) is 10.4. The molecule has 8 nitrogen and oxygen atoms in total. The first-order valence-electron chi connectivity index (χ1n) is 9.68. The van der Waals surface area contributed by atoms with E-state index < -0.39 is 35.5 Å². The molecule has 158 valence electrons. The summed E-state index contributed by atoms with van der Waals surface area (Å²) in [6.07, 6.45) is -0.520. The predicted molar refractivity (Wildman–Crippen MR) is 106 cm³/mol. The molecule has 0 aliphatic carbocycles. The molecule has 0 unspecified atom stereocenters. The number of carbonyl (C=O) groups is 2. The Morgan fingerprint density at radius 1 is 1.40 bits per heavy atom. The monoisotopic (exact) mass is 451 g/mol. The number of nitriles is 1. The second kappa shape index (κ2) is 6.47. The molecular formula is C20H19Cl2N3O5. The normalized spacial score (nSPS) is 38.4. The fraction of sp³-hybridized carbons (Fsp3) is 0.550. The third-order valence-electron chi connectivity index (χ3n) is 6.93. The van der Waals surface area contributed by atoms with E-state index in [9.17, 15) is 14.9 Å². The van der Waals surface area contributed by atoms with Crippen LogP contribution in [-0.2, 0) is 19.0 Å². The molecule has 4 aliphatic rings. The van der Waals surface area contributed by atoms with Gasteiger partial charge in [0.15, 0.2) is 0 Å². The highest BCUT2D eigenvalue weighted by molar-refractivity contribution is 6.37. The standard InChI is InChI=1S/C20H19Cl2N3O5/c1-19-13(29-18(27)24-2)7-20(30-19)3-4-28-17-15(20)14(19)16(26)25(17)9-5-11(21)10(8-23)12(22)6-9/h5-6,13-15,17H,3-4,7H2,1-2H3,(H,24,27)/t13-,14-,15+,17+,19-,20-/m1/s1. The van der Waals surface area contributed by atoms with Crippen LogP contribution in [0.2, 0.25) is 10.0 Å². The average Bonchev–Trinajstić information content (AvgIpc) is 3.25. The van der Waals surface area contributed by atoms with E-state index in [-0.39, 0.29) is 27.4 Å². The lowest BCUT2D eigenvalue weighted by atomic mass is 9.65. The Kier molecular flexibility index (Phi) is 4.29. The zero-order valence-corrected chi connectivity index (χ0v) is 17.8.